The van der Waals surface area contributed by atoms with E-state index in [9.17, 15) is 4.79 Å². The van der Waals surface area contributed by atoms with Crippen LogP contribution in [0.5, 0.6) is 0 Å². The SMILES string of the molecule is CCN(CC)C(=O)Cc1c(N)n[nH]c1-c1ccc(I)cc1. The van der Waals surface area contributed by atoms with Crippen molar-refractivity contribution in [3.63, 3.8) is 0 Å². The molecule has 2 rings (SSSR count). The minimum absolute atomic E-state index is 0.0693. The van der Waals surface area contributed by atoms with E-state index in [1.807, 2.05) is 38.1 Å². The van der Waals surface area contributed by atoms with Crippen LogP contribution < -0.4 is 5.73 Å². The summed E-state index contributed by atoms with van der Waals surface area (Å²) in [7, 11) is 0. The van der Waals surface area contributed by atoms with Gasteiger partial charge in [0.15, 0.2) is 0 Å². The Morgan fingerprint density at radius 3 is 2.48 bits per heavy atom. The number of carbonyl (C=O) groups is 1. The number of nitrogens with two attached hydrogens (primary N) is 1. The largest absolute Gasteiger partial charge is 0.382 e. The van der Waals surface area contributed by atoms with Crippen LogP contribution in [-0.4, -0.2) is 34.1 Å². The third-order valence-corrected chi connectivity index (χ3v) is 4.20. The number of nitrogens with one attached hydrogen (secondary N) is 1. The zero-order valence-electron chi connectivity index (χ0n) is 12.2. The van der Waals surface area contributed by atoms with E-state index >= 15 is 0 Å². The number of nitrogen functional groups attached to an aromatic ring is 1. The number of aromatic nitrogens is 2. The van der Waals surface area contributed by atoms with Crippen LogP contribution in [0, 0.1) is 3.57 Å². The average Bonchev–Trinajstić information content (AvgIpc) is 2.83. The number of hydrogen-bond donors (Lipinski definition) is 2. The lowest BCUT2D eigenvalue weighted by molar-refractivity contribution is -0.130. The molecule has 0 radical (unpaired) electrons. The van der Waals surface area contributed by atoms with Crippen molar-refractivity contribution in [1.82, 2.24) is 15.1 Å². The lowest BCUT2D eigenvalue weighted by atomic mass is 10.0. The summed E-state index contributed by atoms with van der Waals surface area (Å²) in [4.78, 5) is 14.1. The summed E-state index contributed by atoms with van der Waals surface area (Å²) >= 11 is 2.26. The van der Waals surface area contributed by atoms with E-state index in [1.54, 1.807) is 4.90 Å². The van der Waals surface area contributed by atoms with E-state index < -0.39 is 0 Å². The number of carbonyl (C=O) groups excluding carboxylic acids is 1. The molecule has 0 aliphatic carbocycles. The zero-order valence-corrected chi connectivity index (χ0v) is 14.3. The summed E-state index contributed by atoms with van der Waals surface area (Å²) in [5.74, 6) is 0.462. The summed E-state index contributed by atoms with van der Waals surface area (Å²) in [5.41, 5.74) is 8.51. The van der Waals surface area contributed by atoms with Crippen LogP contribution in [0.25, 0.3) is 11.3 Å². The van der Waals surface area contributed by atoms with Crippen LogP contribution in [0.3, 0.4) is 0 Å². The highest BCUT2D eigenvalue weighted by Crippen LogP contribution is 2.26. The van der Waals surface area contributed by atoms with Crippen molar-refractivity contribution in [2.24, 2.45) is 0 Å². The van der Waals surface area contributed by atoms with E-state index in [0.717, 1.165) is 20.4 Å². The Bertz CT molecular complexity index is 617. The molecule has 3 N–H and O–H groups in total. The minimum atomic E-state index is 0.0693. The number of rotatable bonds is 5. The normalized spacial score (nSPS) is 10.6. The highest BCUT2D eigenvalue weighted by Gasteiger charge is 2.18. The van der Waals surface area contributed by atoms with Crippen molar-refractivity contribution in [2.75, 3.05) is 18.8 Å². The minimum Gasteiger partial charge on any atom is -0.382 e. The van der Waals surface area contributed by atoms with Gasteiger partial charge in [-0.25, -0.2) is 0 Å². The van der Waals surface area contributed by atoms with Crippen LogP contribution in [0.1, 0.15) is 19.4 Å². The fourth-order valence-corrected chi connectivity index (χ4v) is 2.61. The number of hydrogen-bond acceptors (Lipinski definition) is 3. The van der Waals surface area contributed by atoms with Crippen molar-refractivity contribution < 1.29 is 4.79 Å². The summed E-state index contributed by atoms with van der Waals surface area (Å²) < 4.78 is 1.16. The Hall–Kier alpha value is -1.57. The van der Waals surface area contributed by atoms with Crippen LogP contribution in [0.2, 0.25) is 0 Å². The lowest BCUT2D eigenvalue weighted by Gasteiger charge is -2.18. The highest BCUT2D eigenvalue weighted by atomic mass is 127. The molecule has 0 aliphatic heterocycles. The maximum absolute atomic E-state index is 12.3. The molecule has 2 aromatic rings. The number of aromatic amines is 1. The summed E-state index contributed by atoms with van der Waals surface area (Å²) in [6, 6.07) is 8.03. The molecule has 112 valence electrons. The summed E-state index contributed by atoms with van der Waals surface area (Å²) in [6.07, 6.45) is 0.269. The molecule has 0 spiro atoms. The van der Waals surface area contributed by atoms with E-state index in [0.29, 0.717) is 18.9 Å². The van der Waals surface area contributed by atoms with Crippen molar-refractivity contribution in [1.29, 1.82) is 0 Å². The predicted molar refractivity (Wildman–Crippen MR) is 92.8 cm³/mol. The number of amides is 1. The molecular weight excluding hydrogens is 379 g/mol. The van der Waals surface area contributed by atoms with Gasteiger partial charge >= 0.3 is 0 Å². The fourth-order valence-electron chi connectivity index (χ4n) is 2.25. The van der Waals surface area contributed by atoms with Gasteiger partial charge in [0.1, 0.15) is 5.82 Å². The van der Waals surface area contributed by atoms with Gasteiger partial charge in [-0.2, -0.15) is 5.10 Å². The van der Waals surface area contributed by atoms with Gasteiger partial charge in [-0.3, -0.25) is 9.89 Å². The van der Waals surface area contributed by atoms with Gasteiger partial charge in [-0.1, -0.05) is 12.1 Å². The van der Waals surface area contributed by atoms with Gasteiger partial charge in [0, 0.05) is 22.2 Å². The van der Waals surface area contributed by atoms with E-state index in [1.165, 1.54) is 0 Å². The number of benzene rings is 1. The van der Waals surface area contributed by atoms with Gasteiger partial charge < -0.3 is 10.6 Å². The Labute approximate surface area is 138 Å². The smallest absolute Gasteiger partial charge is 0.227 e. The molecule has 0 aliphatic rings. The van der Waals surface area contributed by atoms with Gasteiger partial charge in [0.25, 0.3) is 0 Å². The molecule has 6 heteroatoms. The monoisotopic (exact) mass is 398 g/mol. The third-order valence-electron chi connectivity index (χ3n) is 3.48. The van der Waals surface area contributed by atoms with Crippen LogP contribution >= 0.6 is 22.6 Å². The first-order valence-electron chi connectivity index (χ1n) is 6.93. The van der Waals surface area contributed by atoms with Crippen LogP contribution in [-0.2, 0) is 11.2 Å². The number of likely N-dealkylation sites (N-methyl/N-ethyl adjacent to an activating group) is 1. The number of anilines is 1. The zero-order chi connectivity index (χ0) is 15.4. The van der Waals surface area contributed by atoms with Gasteiger partial charge in [-0.05, 0) is 54.1 Å². The molecule has 21 heavy (non-hydrogen) atoms. The molecule has 0 saturated carbocycles. The van der Waals surface area contributed by atoms with Crippen molar-refractivity contribution >= 4 is 34.3 Å². The standard InChI is InChI=1S/C15H19IN4O/c1-3-20(4-2)13(21)9-12-14(18-19-15(12)17)10-5-7-11(16)8-6-10/h5-8H,3-4,9H2,1-2H3,(H3,17,18,19). The first-order chi connectivity index (χ1) is 10.1. The molecule has 5 nitrogen and oxygen atoms in total. The molecule has 0 fully saturated rings. The highest BCUT2D eigenvalue weighted by molar-refractivity contribution is 14.1. The van der Waals surface area contributed by atoms with E-state index in [2.05, 4.69) is 32.8 Å². The van der Waals surface area contributed by atoms with Crippen molar-refractivity contribution in [3.05, 3.63) is 33.4 Å². The second kappa shape index (κ2) is 6.93. The molecule has 1 aromatic heterocycles. The molecule has 1 amide bonds. The summed E-state index contributed by atoms with van der Waals surface area (Å²) in [5, 5.41) is 7.00. The van der Waals surface area contributed by atoms with E-state index in [4.69, 9.17) is 5.73 Å². The maximum atomic E-state index is 12.3. The number of nitrogens with zero attached hydrogens (tertiary/aromatic N) is 2. The van der Waals surface area contributed by atoms with Crippen LogP contribution in [0.15, 0.2) is 24.3 Å². The molecular formula is C15H19IN4O. The maximum Gasteiger partial charge on any atom is 0.227 e. The number of H-pyrrole nitrogens is 1. The third kappa shape index (κ3) is 3.55. The second-order valence-corrected chi connectivity index (χ2v) is 5.96. The first-order valence-corrected chi connectivity index (χ1v) is 8.01. The van der Waals surface area contributed by atoms with Crippen molar-refractivity contribution in [2.45, 2.75) is 20.3 Å². The Morgan fingerprint density at radius 1 is 1.29 bits per heavy atom. The van der Waals surface area contributed by atoms with Gasteiger partial charge in [0.2, 0.25) is 5.91 Å². The molecule has 0 unspecified atom stereocenters. The predicted octanol–water partition coefficient (Wildman–Crippen LogP) is 2.67. The molecule has 1 aromatic carbocycles. The average molecular weight is 398 g/mol. The quantitative estimate of drug-likeness (QED) is 0.761. The molecule has 1 heterocycles. The Kier molecular flexibility index (Phi) is 5.22. The molecule has 0 bridgehead atoms. The topological polar surface area (TPSA) is 75.0 Å². The van der Waals surface area contributed by atoms with Crippen LogP contribution in [0.4, 0.5) is 5.82 Å². The van der Waals surface area contributed by atoms with Crippen molar-refractivity contribution in [3.8, 4) is 11.3 Å². The van der Waals surface area contributed by atoms with Gasteiger partial charge in [0.05, 0.1) is 12.1 Å². The molecule has 0 saturated heterocycles. The number of halogens is 1. The second-order valence-electron chi connectivity index (χ2n) is 4.71. The summed E-state index contributed by atoms with van der Waals surface area (Å²) in [6.45, 7) is 5.35. The Morgan fingerprint density at radius 2 is 1.90 bits per heavy atom. The van der Waals surface area contributed by atoms with Gasteiger partial charge in [-0.15, -0.1) is 0 Å². The first kappa shape index (κ1) is 15.8. The Balaban J connectivity index is 2.30. The fraction of sp³-hybridized carbons (Fsp3) is 0.333. The lowest BCUT2D eigenvalue weighted by Crippen LogP contribution is -2.32. The van der Waals surface area contributed by atoms with E-state index in [-0.39, 0.29) is 12.3 Å². The molecule has 0 atom stereocenters.